The number of amidine groups is 1. The number of nitrogens with zero attached hydrogens (tertiary/aromatic N) is 1. The Kier molecular flexibility index (Phi) is 5.35. The fourth-order valence-corrected chi connectivity index (χ4v) is 3.23. The second-order valence-corrected chi connectivity index (χ2v) is 6.75. The number of para-hydroxylation sites is 2. The first-order chi connectivity index (χ1) is 12.1. The third-order valence-corrected chi connectivity index (χ3v) is 4.71. The van der Waals surface area contributed by atoms with Gasteiger partial charge in [0.1, 0.15) is 5.25 Å². The van der Waals surface area contributed by atoms with Crippen molar-refractivity contribution in [2.24, 2.45) is 5.10 Å². The molecule has 6 nitrogen and oxygen atoms in total. The molecule has 1 aliphatic rings. The molecule has 0 unspecified atom stereocenters. The van der Waals surface area contributed by atoms with Gasteiger partial charge >= 0.3 is 0 Å². The van der Waals surface area contributed by atoms with Gasteiger partial charge < -0.3 is 10.6 Å². The van der Waals surface area contributed by atoms with Crippen molar-refractivity contribution >= 4 is 40.1 Å². The number of rotatable bonds is 5. The van der Waals surface area contributed by atoms with E-state index in [1.54, 1.807) is 0 Å². The molecule has 1 saturated heterocycles. The maximum atomic E-state index is 12.2. The second-order valence-electron chi connectivity index (χ2n) is 5.56. The van der Waals surface area contributed by atoms with Gasteiger partial charge in [0.2, 0.25) is 11.8 Å². The normalized spacial score (nSPS) is 18.0. The Morgan fingerprint density at radius 1 is 1.16 bits per heavy atom. The molecule has 128 valence electrons. The van der Waals surface area contributed by atoms with Crippen molar-refractivity contribution in [3.8, 4) is 0 Å². The molecule has 3 rings (SSSR count). The number of aryl methyl sites for hydroxylation is 1. The van der Waals surface area contributed by atoms with Crippen molar-refractivity contribution in [3.05, 3.63) is 60.2 Å². The van der Waals surface area contributed by atoms with Gasteiger partial charge in [0.05, 0.1) is 5.69 Å². The predicted octanol–water partition coefficient (Wildman–Crippen LogP) is 2.94. The summed E-state index contributed by atoms with van der Waals surface area (Å²) in [5, 5.41) is 9.67. The SMILES string of the molecule is Cc1ccccc1NC(=O)C[C@@H]1S/C(=N/Nc2ccccc2)NC1=O. The third kappa shape index (κ3) is 4.60. The number of hydrogen-bond acceptors (Lipinski definition) is 5. The number of anilines is 2. The van der Waals surface area contributed by atoms with Crippen LogP contribution in [0.2, 0.25) is 0 Å². The minimum atomic E-state index is -0.486. The standard InChI is InChI=1S/C18H18N4O2S/c1-12-7-5-6-10-14(12)19-16(23)11-15-17(24)20-18(25-15)22-21-13-8-3-2-4-9-13/h2-10,15,21H,11H2,1H3,(H,19,23)(H,20,22,24)/t15-/m0/s1. The van der Waals surface area contributed by atoms with Gasteiger partial charge in [0.15, 0.2) is 5.17 Å². The summed E-state index contributed by atoms with van der Waals surface area (Å²) in [6.45, 7) is 1.92. The average Bonchev–Trinajstić information content (AvgIpc) is 2.96. The molecule has 0 aromatic heterocycles. The fraction of sp³-hybridized carbons (Fsp3) is 0.167. The van der Waals surface area contributed by atoms with E-state index in [9.17, 15) is 9.59 Å². The summed E-state index contributed by atoms with van der Waals surface area (Å²) in [6, 6.07) is 17.0. The summed E-state index contributed by atoms with van der Waals surface area (Å²) in [6.07, 6.45) is 0.0925. The van der Waals surface area contributed by atoms with Crippen LogP contribution in [0, 0.1) is 6.92 Å². The zero-order valence-corrected chi connectivity index (χ0v) is 14.5. The molecule has 1 atom stereocenters. The molecule has 0 spiro atoms. The number of benzene rings is 2. The van der Waals surface area contributed by atoms with E-state index in [-0.39, 0.29) is 18.2 Å². The minimum Gasteiger partial charge on any atom is -0.326 e. The van der Waals surface area contributed by atoms with Crippen LogP contribution in [0.1, 0.15) is 12.0 Å². The van der Waals surface area contributed by atoms with Crippen molar-refractivity contribution in [1.29, 1.82) is 0 Å². The molecule has 2 amide bonds. The lowest BCUT2D eigenvalue weighted by atomic mass is 10.2. The molecule has 1 aliphatic heterocycles. The summed E-state index contributed by atoms with van der Waals surface area (Å²) in [5.74, 6) is -0.405. The summed E-state index contributed by atoms with van der Waals surface area (Å²) in [7, 11) is 0. The van der Waals surface area contributed by atoms with Crippen LogP contribution in [0.25, 0.3) is 0 Å². The Labute approximate surface area is 150 Å². The van der Waals surface area contributed by atoms with Gasteiger partial charge in [-0.15, -0.1) is 5.10 Å². The Balaban J connectivity index is 1.56. The van der Waals surface area contributed by atoms with E-state index in [4.69, 9.17) is 0 Å². The van der Waals surface area contributed by atoms with Gasteiger partial charge in [-0.2, -0.15) is 0 Å². The van der Waals surface area contributed by atoms with Gasteiger partial charge in [-0.25, -0.2) is 0 Å². The molecule has 25 heavy (non-hydrogen) atoms. The lowest BCUT2D eigenvalue weighted by molar-refractivity contribution is -0.122. The first-order valence-electron chi connectivity index (χ1n) is 7.83. The largest absolute Gasteiger partial charge is 0.326 e. The Bertz CT molecular complexity index is 808. The van der Waals surface area contributed by atoms with Crippen LogP contribution < -0.4 is 16.1 Å². The maximum Gasteiger partial charge on any atom is 0.240 e. The van der Waals surface area contributed by atoms with E-state index < -0.39 is 5.25 Å². The third-order valence-electron chi connectivity index (χ3n) is 3.63. The zero-order chi connectivity index (χ0) is 17.6. The van der Waals surface area contributed by atoms with E-state index in [1.807, 2.05) is 61.5 Å². The summed E-state index contributed by atoms with van der Waals surface area (Å²) >= 11 is 1.25. The lowest BCUT2D eigenvalue weighted by Crippen LogP contribution is -2.28. The fourth-order valence-electron chi connectivity index (χ4n) is 2.30. The van der Waals surface area contributed by atoms with E-state index in [0.717, 1.165) is 16.9 Å². The number of carbonyl (C=O) groups excluding carboxylic acids is 2. The van der Waals surface area contributed by atoms with Crippen molar-refractivity contribution in [2.75, 3.05) is 10.7 Å². The lowest BCUT2D eigenvalue weighted by Gasteiger charge is -2.09. The smallest absolute Gasteiger partial charge is 0.240 e. The highest BCUT2D eigenvalue weighted by atomic mass is 32.2. The highest BCUT2D eigenvalue weighted by molar-refractivity contribution is 8.15. The number of carbonyl (C=O) groups is 2. The van der Waals surface area contributed by atoms with Crippen molar-refractivity contribution in [3.63, 3.8) is 0 Å². The maximum absolute atomic E-state index is 12.2. The van der Waals surface area contributed by atoms with E-state index in [0.29, 0.717) is 5.17 Å². The van der Waals surface area contributed by atoms with Gasteiger partial charge in [-0.05, 0) is 30.7 Å². The molecule has 3 N–H and O–H groups in total. The summed E-state index contributed by atoms with van der Waals surface area (Å²) in [4.78, 5) is 24.2. The molecule has 0 saturated carbocycles. The van der Waals surface area contributed by atoms with E-state index in [2.05, 4.69) is 21.2 Å². The van der Waals surface area contributed by atoms with Crippen LogP contribution in [-0.2, 0) is 9.59 Å². The molecule has 2 aromatic carbocycles. The van der Waals surface area contributed by atoms with Crippen molar-refractivity contribution < 1.29 is 9.59 Å². The van der Waals surface area contributed by atoms with Gasteiger partial charge in [0, 0.05) is 12.1 Å². The van der Waals surface area contributed by atoms with Crippen LogP contribution in [-0.4, -0.2) is 22.2 Å². The zero-order valence-electron chi connectivity index (χ0n) is 13.7. The summed E-state index contributed by atoms with van der Waals surface area (Å²) in [5.41, 5.74) is 5.44. The number of hydrogen-bond donors (Lipinski definition) is 3. The van der Waals surface area contributed by atoms with Crippen LogP contribution in [0.5, 0.6) is 0 Å². The summed E-state index contributed by atoms with van der Waals surface area (Å²) < 4.78 is 0. The highest BCUT2D eigenvalue weighted by Crippen LogP contribution is 2.23. The molecule has 7 heteroatoms. The number of nitrogens with one attached hydrogen (secondary N) is 3. The predicted molar refractivity (Wildman–Crippen MR) is 101 cm³/mol. The molecular formula is C18H18N4O2S. The Morgan fingerprint density at radius 3 is 2.64 bits per heavy atom. The first-order valence-corrected chi connectivity index (χ1v) is 8.71. The first kappa shape index (κ1) is 17.0. The average molecular weight is 354 g/mol. The number of hydrazone groups is 1. The molecule has 0 radical (unpaired) electrons. The Morgan fingerprint density at radius 2 is 1.88 bits per heavy atom. The second kappa shape index (κ2) is 7.85. The van der Waals surface area contributed by atoms with Crippen LogP contribution in [0.15, 0.2) is 59.7 Å². The van der Waals surface area contributed by atoms with Gasteiger partial charge in [-0.3, -0.25) is 15.0 Å². The molecule has 0 aliphatic carbocycles. The monoisotopic (exact) mass is 354 g/mol. The number of thioether (sulfide) groups is 1. The van der Waals surface area contributed by atoms with Crippen LogP contribution in [0.4, 0.5) is 11.4 Å². The molecule has 0 bridgehead atoms. The van der Waals surface area contributed by atoms with E-state index >= 15 is 0 Å². The van der Waals surface area contributed by atoms with Crippen molar-refractivity contribution in [2.45, 2.75) is 18.6 Å². The van der Waals surface area contributed by atoms with Crippen molar-refractivity contribution in [1.82, 2.24) is 5.32 Å². The van der Waals surface area contributed by atoms with Gasteiger partial charge in [0.25, 0.3) is 0 Å². The van der Waals surface area contributed by atoms with E-state index in [1.165, 1.54) is 11.8 Å². The molecule has 1 fully saturated rings. The van der Waals surface area contributed by atoms with Gasteiger partial charge in [-0.1, -0.05) is 48.2 Å². The highest BCUT2D eigenvalue weighted by Gasteiger charge is 2.32. The topological polar surface area (TPSA) is 82.6 Å². The molecule has 1 heterocycles. The molecular weight excluding hydrogens is 336 g/mol. The minimum absolute atomic E-state index is 0.0925. The van der Waals surface area contributed by atoms with Crippen LogP contribution >= 0.6 is 11.8 Å². The molecule has 2 aromatic rings. The quantitative estimate of drug-likeness (QED) is 0.721. The number of amides is 2. The Hall–Kier alpha value is -2.80. The van der Waals surface area contributed by atoms with Crippen LogP contribution in [0.3, 0.4) is 0 Å².